The Morgan fingerprint density at radius 2 is 2.00 bits per heavy atom. The highest BCUT2D eigenvalue weighted by molar-refractivity contribution is 5.29. The Morgan fingerprint density at radius 1 is 1.33 bits per heavy atom. The molecule has 0 bridgehead atoms. The molecule has 1 aromatic carbocycles. The summed E-state index contributed by atoms with van der Waals surface area (Å²) in [5, 5.41) is 3.32. The monoisotopic (exact) mass is 255 g/mol. The molecule has 18 heavy (non-hydrogen) atoms. The minimum Gasteiger partial charge on any atom is -0.494 e. The number of hydrogen-bond acceptors (Lipinski definition) is 3. The van der Waals surface area contributed by atoms with Crippen molar-refractivity contribution in [3.8, 4) is 5.75 Å². The molecule has 4 heteroatoms. The Bertz CT molecular complexity index is 393. The van der Waals surface area contributed by atoms with E-state index in [0.717, 1.165) is 5.56 Å². The predicted octanol–water partition coefficient (Wildman–Crippen LogP) is 2.74. The van der Waals surface area contributed by atoms with Crippen molar-refractivity contribution >= 4 is 0 Å². The van der Waals surface area contributed by atoms with E-state index >= 15 is 0 Å². The second kappa shape index (κ2) is 6.16. The van der Waals surface area contributed by atoms with Crippen LogP contribution >= 0.6 is 0 Å². The van der Waals surface area contributed by atoms with Crippen molar-refractivity contribution < 1.29 is 13.9 Å². The molecule has 0 saturated carbocycles. The molecule has 1 N–H and O–H groups in total. The van der Waals surface area contributed by atoms with Gasteiger partial charge in [-0.3, -0.25) is 0 Å². The molecule has 0 fully saturated rings. The molecule has 1 aromatic rings. The average molecular weight is 255 g/mol. The van der Waals surface area contributed by atoms with Crippen LogP contribution in [-0.2, 0) is 11.3 Å². The van der Waals surface area contributed by atoms with Gasteiger partial charge < -0.3 is 14.8 Å². The van der Waals surface area contributed by atoms with Gasteiger partial charge in [0, 0.05) is 19.7 Å². The van der Waals surface area contributed by atoms with Crippen molar-refractivity contribution in [2.75, 3.05) is 14.2 Å². The molecule has 0 radical (unpaired) electrons. The molecule has 102 valence electrons. The Hall–Kier alpha value is -1.13. The Balaban J connectivity index is 2.61. The second-order valence-corrected chi connectivity index (χ2v) is 4.88. The third kappa shape index (κ3) is 3.68. The van der Waals surface area contributed by atoms with Crippen molar-refractivity contribution in [1.29, 1.82) is 0 Å². The quantitative estimate of drug-likeness (QED) is 0.848. The molecule has 0 aliphatic heterocycles. The van der Waals surface area contributed by atoms with E-state index in [1.807, 2.05) is 26.8 Å². The van der Waals surface area contributed by atoms with Gasteiger partial charge in [-0.1, -0.05) is 6.07 Å². The summed E-state index contributed by atoms with van der Waals surface area (Å²) in [5.41, 5.74) is 0.623. The van der Waals surface area contributed by atoms with E-state index in [0.29, 0.717) is 6.54 Å². The highest BCUT2D eigenvalue weighted by Crippen LogP contribution is 2.18. The SMILES string of the molecule is COc1ccc(CN[C@H](C)C(C)(C)OC)cc1F. The maximum Gasteiger partial charge on any atom is 0.165 e. The van der Waals surface area contributed by atoms with Gasteiger partial charge >= 0.3 is 0 Å². The van der Waals surface area contributed by atoms with Crippen LogP contribution in [0.3, 0.4) is 0 Å². The van der Waals surface area contributed by atoms with E-state index in [9.17, 15) is 4.39 Å². The van der Waals surface area contributed by atoms with Gasteiger partial charge in [-0.15, -0.1) is 0 Å². The van der Waals surface area contributed by atoms with Crippen LogP contribution < -0.4 is 10.1 Å². The summed E-state index contributed by atoms with van der Waals surface area (Å²) < 4.78 is 23.8. The number of ether oxygens (including phenoxy) is 2. The molecule has 0 aliphatic rings. The van der Waals surface area contributed by atoms with Crippen molar-refractivity contribution in [2.24, 2.45) is 0 Å². The van der Waals surface area contributed by atoms with Crippen LogP contribution in [0.15, 0.2) is 18.2 Å². The largest absolute Gasteiger partial charge is 0.494 e. The van der Waals surface area contributed by atoms with E-state index < -0.39 is 0 Å². The molecule has 0 spiro atoms. The Kier molecular flexibility index (Phi) is 5.11. The molecule has 1 atom stereocenters. The van der Waals surface area contributed by atoms with Gasteiger partial charge in [0.15, 0.2) is 11.6 Å². The van der Waals surface area contributed by atoms with Crippen LogP contribution in [0.1, 0.15) is 26.3 Å². The Morgan fingerprint density at radius 3 is 2.50 bits per heavy atom. The van der Waals surface area contributed by atoms with Gasteiger partial charge in [-0.05, 0) is 38.5 Å². The average Bonchev–Trinajstić information content (AvgIpc) is 2.36. The van der Waals surface area contributed by atoms with Gasteiger partial charge in [0.1, 0.15) is 0 Å². The predicted molar refractivity (Wildman–Crippen MR) is 70.3 cm³/mol. The normalized spacial score (nSPS) is 13.4. The molecule has 0 aliphatic carbocycles. The first kappa shape index (κ1) is 14.9. The fourth-order valence-electron chi connectivity index (χ4n) is 1.51. The van der Waals surface area contributed by atoms with Gasteiger partial charge in [0.25, 0.3) is 0 Å². The fourth-order valence-corrected chi connectivity index (χ4v) is 1.51. The molecule has 0 amide bonds. The molecule has 3 nitrogen and oxygen atoms in total. The first-order valence-electron chi connectivity index (χ1n) is 6.01. The number of hydrogen-bond donors (Lipinski definition) is 1. The van der Waals surface area contributed by atoms with Gasteiger partial charge in [-0.25, -0.2) is 4.39 Å². The molecule has 0 unspecified atom stereocenters. The maximum atomic E-state index is 13.5. The standard InChI is InChI=1S/C14H22FNO2/c1-10(14(2,3)18-5)16-9-11-6-7-13(17-4)12(15)8-11/h6-8,10,16H,9H2,1-5H3/t10-/m1/s1. The number of rotatable bonds is 6. The number of nitrogens with one attached hydrogen (secondary N) is 1. The second-order valence-electron chi connectivity index (χ2n) is 4.88. The van der Waals surface area contributed by atoms with E-state index in [1.165, 1.54) is 13.2 Å². The summed E-state index contributed by atoms with van der Waals surface area (Å²) in [6.07, 6.45) is 0. The van der Waals surface area contributed by atoms with Crippen LogP contribution in [0, 0.1) is 5.82 Å². The zero-order valence-electron chi connectivity index (χ0n) is 11.7. The summed E-state index contributed by atoms with van der Waals surface area (Å²) in [4.78, 5) is 0. The van der Waals surface area contributed by atoms with Crippen molar-refractivity contribution in [3.05, 3.63) is 29.6 Å². The van der Waals surface area contributed by atoms with Crippen molar-refractivity contribution in [2.45, 2.75) is 39.0 Å². The third-order valence-corrected chi connectivity index (χ3v) is 3.40. The molecule has 1 rings (SSSR count). The minimum absolute atomic E-state index is 0.160. The van der Waals surface area contributed by atoms with Crippen LogP contribution in [0.5, 0.6) is 5.75 Å². The van der Waals surface area contributed by atoms with Gasteiger partial charge in [0.05, 0.1) is 12.7 Å². The van der Waals surface area contributed by atoms with E-state index in [2.05, 4.69) is 5.32 Å². The van der Waals surface area contributed by atoms with Crippen LogP contribution in [0.25, 0.3) is 0 Å². The smallest absolute Gasteiger partial charge is 0.165 e. The maximum absolute atomic E-state index is 13.5. The van der Waals surface area contributed by atoms with E-state index in [1.54, 1.807) is 13.2 Å². The zero-order valence-corrected chi connectivity index (χ0v) is 11.7. The lowest BCUT2D eigenvalue weighted by Crippen LogP contribution is -2.45. The van der Waals surface area contributed by atoms with Crippen molar-refractivity contribution in [3.63, 3.8) is 0 Å². The summed E-state index contributed by atoms with van der Waals surface area (Å²) in [6, 6.07) is 5.13. The first-order valence-corrected chi connectivity index (χ1v) is 6.01. The van der Waals surface area contributed by atoms with Crippen LogP contribution in [-0.4, -0.2) is 25.9 Å². The number of benzene rings is 1. The number of halogens is 1. The van der Waals surface area contributed by atoms with Crippen LogP contribution in [0.2, 0.25) is 0 Å². The van der Waals surface area contributed by atoms with Gasteiger partial charge in [0.2, 0.25) is 0 Å². The van der Waals surface area contributed by atoms with Crippen molar-refractivity contribution in [1.82, 2.24) is 5.32 Å². The molecular weight excluding hydrogens is 233 g/mol. The third-order valence-electron chi connectivity index (χ3n) is 3.40. The molecule has 0 saturated heterocycles. The minimum atomic E-state index is -0.338. The lowest BCUT2D eigenvalue weighted by Gasteiger charge is -2.31. The van der Waals surface area contributed by atoms with Gasteiger partial charge in [-0.2, -0.15) is 0 Å². The molecule has 0 heterocycles. The molecule has 0 aromatic heterocycles. The summed E-state index contributed by atoms with van der Waals surface area (Å²) in [7, 11) is 3.14. The topological polar surface area (TPSA) is 30.5 Å². The Labute approximate surface area is 108 Å². The fraction of sp³-hybridized carbons (Fsp3) is 0.571. The van der Waals surface area contributed by atoms with Crippen LogP contribution in [0.4, 0.5) is 4.39 Å². The van der Waals surface area contributed by atoms with E-state index in [-0.39, 0.29) is 23.2 Å². The lowest BCUT2D eigenvalue weighted by molar-refractivity contribution is -0.00544. The first-order chi connectivity index (χ1) is 8.40. The molecular formula is C14H22FNO2. The lowest BCUT2D eigenvalue weighted by atomic mass is 10.00. The van der Waals surface area contributed by atoms with E-state index in [4.69, 9.17) is 9.47 Å². The highest BCUT2D eigenvalue weighted by atomic mass is 19.1. The number of methoxy groups -OCH3 is 2. The zero-order chi connectivity index (χ0) is 13.8. The summed E-state index contributed by atoms with van der Waals surface area (Å²) in [5.74, 6) is -0.0699. The highest BCUT2D eigenvalue weighted by Gasteiger charge is 2.24. The summed E-state index contributed by atoms with van der Waals surface area (Å²) >= 11 is 0. The summed E-state index contributed by atoms with van der Waals surface area (Å²) in [6.45, 7) is 6.66.